The summed E-state index contributed by atoms with van der Waals surface area (Å²) in [4.78, 5) is 24.9. The number of ketones is 1. The maximum atomic E-state index is 14.6. The molecule has 1 atom stereocenters. The molecule has 0 spiro atoms. The number of nitrogens with two attached hydrogens (primary N) is 1. The minimum absolute atomic E-state index is 0.112. The predicted octanol–water partition coefficient (Wildman–Crippen LogP) is 2.47. The molecule has 1 aliphatic heterocycles. The standard InChI is InChI=1S/C19H20ClFN4O3S/c1-18(2)17(22)25-19(3,10-29(18,27)28)16-13(21)6-5-12(24-16)8-15(26)14-7-4-11(20)9-23-14/h4-7,9H,8,10H2,1-3H3,(H2,22,25)/t19-/m0/s1. The van der Waals surface area contributed by atoms with Gasteiger partial charge in [-0.1, -0.05) is 11.6 Å². The summed E-state index contributed by atoms with van der Waals surface area (Å²) in [6.07, 6.45) is 1.21. The Morgan fingerprint density at radius 1 is 1.24 bits per heavy atom. The van der Waals surface area contributed by atoms with Crippen LogP contribution in [0.5, 0.6) is 0 Å². The number of rotatable bonds is 4. The molecule has 0 amide bonds. The van der Waals surface area contributed by atoms with E-state index in [0.717, 1.165) is 6.07 Å². The van der Waals surface area contributed by atoms with E-state index in [1.165, 1.54) is 39.1 Å². The van der Waals surface area contributed by atoms with Gasteiger partial charge in [0.15, 0.2) is 15.6 Å². The van der Waals surface area contributed by atoms with Crippen LogP contribution in [0.1, 0.15) is 42.6 Å². The molecule has 0 radical (unpaired) electrons. The van der Waals surface area contributed by atoms with Crippen LogP contribution in [-0.4, -0.2) is 40.5 Å². The van der Waals surface area contributed by atoms with Crippen LogP contribution in [0.25, 0.3) is 0 Å². The molecule has 0 aliphatic carbocycles. The zero-order valence-corrected chi connectivity index (χ0v) is 17.7. The van der Waals surface area contributed by atoms with Gasteiger partial charge in [-0.25, -0.2) is 12.8 Å². The van der Waals surface area contributed by atoms with Gasteiger partial charge in [-0.2, -0.15) is 0 Å². The van der Waals surface area contributed by atoms with E-state index < -0.39 is 31.7 Å². The maximum absolute atomic E-state index is 14.6. The quantitative estimate of drug-likeness (QED) is 0.733. The second-order valence-corrected chi connectivity index (χ2v) is 10.6. The molecule has 2 N–H and O–H groups in total. The molecule has 3 heterocycles. The fraction of sp³-hybridized carbons (Fsp3) is 0.368. The molecule has 2 aromatic rings. The maximum Gasteiger partial charge on any atom is 0.187 e. The number of aromatic nitrogens is 2. The Labute approximate surface area is 173 Å². The number of halogens is 2. The fourth-order valence-corrected chi connectivity index (χ4v) is 4.80. The highest BCUT2D eigenvalue weighted by molar-refractivity contribution is 7.93. The molecule has 154 valence electrons. The average molecular weight is 439 g/mol. The van der Waals surface area contributed by atoms with Gasteiger partial charge < -0.3 is 5.73 Å². The molecule has 10 heteroatoms. The van der Waals surface area contributed by atoms with Crippen LogP contribution in [0, 0.1) is 5.82 Å². The minimum atomic E-state index is -3.72. The largest absolute Gasteiger partial charge is 0.386 e. The molecule has 0 fully saturated rings. The molecule has 2 aromatic heterocycles. The van der Waals surface area contributed by atoms with Crippen molar-refractivity contribution >= 4 is 33.1 Å². The van der Waals surface area contributed by atoms with E-state index in [2.05, 4.69) is 15.0 Å². The SMILES string of the molecule is CC1(C)C(N)=N[C@](C)(c2nc(CC(=O)c3ccc(Cl)cn3)ccc2F)CS1(=O)=O. The third-order valence-corrected chi connectivity index (χ3v) is 7.93. The van der Waals surface area contributed by atoms with E-state index in [1.807, 2.05) is 0 Å². The summed E-state index contributed by atoms with van der Waals surface area (Å²) in [7, 11) is -3.72. The van der Waals surface area contributed by atoms with Crippen LogP contribution in [0.3, 0.4) is 0 Å². The number of hydrogen-bond donors (Lipinski definition) is 1. The van der Waals surface area contributed by atoms with Gasteiger partial charge in [0.1, 0.15) is 33.3 Å². The number of hydrogen-bond acceptors (Lipinski definition) is 7. The number of carbonyl (C=O) groups is 1. The smallest absolute Gasteiger partial charge is 0.187 e. The van der Waals surface area contributed by atoms with Crippen molar-refractivity contribution < 1.29 is 17.6 Å². The van der Waals surface area contributed by atoms with E-state index in [4.69, 9.17) is 17.3 Å². The van der Waals surface area contributed by atoms with E-state index in [1.54, 1.807) is 6.07 Å². The van der Waals surface area contributed by atoms with Gasteiger partial charge in [-0.3, -0.25) is 19.8 Å². The lowest BCUT2D eigenvalue weighted by Crippen LogP contribution is -2.55. The van der Waals surface area contributed by atoms with E-state index in [-0.39, 0.29) is 35.1 Å². The second-order valence-electron chi connectivity index (χ2n) is 7.63. The van der Waals surface area contributed by atoms with Crippen LogP contribution in [0.15, 0.2) is 35.5 Å². The van der Waals surface area contributed by atoms with E-state index in [0.29, 0.717) is 5.02 Å². The first kappa shape index (κ1) is 21.3. The van der Waals surface area contributed by atoms with Crippen LogP contribution >= 0.6 is 11.6 Å². The Hall–Kier alpha value is -2.39. The first-order valence-corrected chi connectivity index (χ1v) is 10.8. The average Bonchev–Trinajstić information content (AvgIpc) is 2.62. The zero-order chi connectivity index (χ0) is 21.6. The number of aliphatic imine (C=N–C) groups is 1. The van der Waals surface area contributed by atoms with Crippen molar-refractivity contribution in [1.29, 1.82) is 0 Å². The third kappa shape index (κ3) is 3.89. The molecule has 7 nitrogen and oxygen atoms in total. The highest BCUT2D eigenvalue weighted by Crippen LogP contribution is 2.36. The van der Waals surface area contributed by atoms with Gasteiger partial charge in [-0.05, 0) is 45.0 Å². The Morgan fingerprint density at radius 2 is 1.93 bits per heavy atom. The van der Waals surface area contributed by atoms with Gasteiger partial charge in [-0.15, -0.1) is 0 Å². The monoisotopic (exact) mass is 438 g/mol. The first-order valence-electron chi connectivity index (χ1n) is 8.74. The zero-order valence-electron chi connectivity index (χ0n) is 16.1. The van der Waals surface area contributed by atoms with Crippen molar-refractivity contribution in [3.8, 4) is 0 Å². The molecule has 29 heavy (non-hydrogen) atoms. The summed E-state index contributed by atoms with van der Waals surface area (Å²) in [6.45, 7) is 4.38. The van der Waals surface area contributed by atoms with Crippen LogP contribution < -0.4 is 5.73 Å². The number of nitrogens with zero attached hydrogens (tertiary/aromatic N) is 3. The van der Waals surface area contributed by atoms with Gasteiger partial charge in [0.05, 0.1) is 17.2 Å². The van der Waals surface area contributed by atoms with Crippen molar-refractivity contribution in [2.75, 3.05) is 5.75 Å². The predicted molar refractivity (Wildman–Crippen MR) is 108 cm³/mol. The van der Waals surface area contributed by atoms with Gasteiger partial charge in [0.2, 0.25) is 0 Å². The van der Waals surface area contributed by atoms with Gasteiger partial charge in [0.25, 0.3) is 0 Å². The lowest BCUT2D eigenvalue weighted by Gasteiger charge is -2.37. The summed E-state index contributed by atoms with van der Waals surface area (Å²) >= 11 is 5.77. The van der Waals surface area contributed by atoms with E-state index >= 15 is 0 Å². The molecule has 0 bridgehead atoms. The summed E-state index contributed by atoms with van der Waals surface area (Å²) in [6, 6.07) is 5.53. The Bertz CT molecular complexity index is 1120. The normalized spacial score (nSPS) is 22.7. The van der Waals surface area contributed by atoms with E-state index in [9.17, 15) is 17.6 Å². The van der Waals surface area contributed by atoms with Gasteiger partial charge in [0, 0.05) is 11.9 Å². The number of carbonyl (C=O) groups excluding carboxylic acids is 1. The lowest BCUT2D eigenvalue weighted by atomic mass is 9.97. The van der Waals surface area contributed by atoms with Gasteiger partial charge >= 0.3 is 0 Å². The Balaban J connectivity index is 1.98. The molecule has 0 aromatic carbocycles. The third-order valence-electron chi connectivity index (χ3n) is 5.00. The van der Waals surface area contributed by atoms with Crippen molar-refractivity contribution in [1.82, 2.24) is 9.97 Å². The minimum Gasteiger partial charge on any atom is -0.386 e. The molecule has 0 saturated carbocycles. The Kier molecular flexibility index (Phi) is 5.25. The summed E-state index contributed by atoms with van der Waals surface area (Å²) in [5.41, 5.74) is 4.69. The number of Topliss-reactive ketones (excluding diaryl/α,β-unsaturated/α-hetero) is 1. The lowest BCUT2D eigenvalue weighted by molar-refractivity contribution is 0.0987. The first-order chi connectivity index (χ1) is 13.4. The molecular formula is C19H20ClFN4O3S. The van der Waals surface area contributed by atoms with Crippen molar-refractivity contribution in [2.24, 2.45) is 10.7 Å². The highest BCUT2D eigenvalue weighted by atomic mass is 35.5. The molecule has 1 aliphatic rings. The number of sulfone groups is 1. The Morgan fingerprint density at radius 3 is 2.52 bits per heavy atom. The summed E-state index contributed by atoms with van der Waals surface area (Å²) in [5, 5.41) is 0.397. The molecule has 0 saturated heterocycles. The number of amidine groups is 1. The highest BCUT2D eigenvalue weighted by Gasteiger charge is 2.50. The van der Waals surface area contributed by atoms with Crippen LogP contribution in [0.2, 0.25) is 5.02 Å². The second kappa shape index (κ2) is 7.14. The molecule has 0 unspecified atom stereocenters. The van der Waals surface area contributed by atoms with Crippen molar-refractivity contribution in [3.05, 3.63) is 58.4 Å². The number of pyridine rings is 2. The molecule has 3 rings (SSSR count). The molecular weight excluding hydrogens is 419 g/mol. The fourth-order valence-electron chi connectivity index (χ4n) is 3.02. The summed E-state index contributed by atoms with van der Waals surface area (Å²) in [5.74, 6) is -1.62. The van der Waals surface area contributed by atoms with Crippen LogP contribution in [0.4, 0.5) is 4.39 Å². The van der Waals surface area contributed by atoms with Crippen LogP contribution in [-0.2, 0) is 21.8 Å². The van der Waals surface area contributed by atoms with Crippen molar-refractivity contribution in [3.63, 3.8) is 0 Å². The topological polar surface area (TPSA) is 115 Å². The van der Waals surface area contributed by atoms with Crippen molar-refractivity contribution in [2.45, 2.75) is 37.5 Å². The summed E-state index contributed by atoms with van der Waals surface area (Å²) < 4.78 is 38.7.